The van der Waals surface area contributed by atoms with Crippen LogP contribution in [0.3, 0.4) is 0 Å². The third-order valence-corrected chi connectivity index (χ3v) is 3.83. The minimum atomic E-state index is -0.709. The Labute approximate surface area is 108 Å². The first kappa shape index (κ1) is 13.1. The minimum Gasteiger partial charge on any atom is -0.390 e. The number of aromatic amines is 1. The number of nitrogens with zero attached hydrogens (tertiary/aromatic N) is 1. The number of H-pyrrole nitrogens is 1. The van der Waals surface area contributed by atoms with Gasteiger partial charge in [-0.05, 0) is 38.8 Å². The molecule has 1 atom stereocenters. The molecule has 1 aromatic rings. The molecule has 2 rings (SSSR count). The van der Waals surface area contributed by atoms with Gasteiger partial charge in [0.1, 0.15) is 5.69 Å². The molecule has 0 spiro atoms. The van der Waals surface area contributed by atoms with Gasteiger partial charge >= 0.3 is 0 Å². The molecular weight excluding hydrogens is 228 g/mol. The van der Waals surface area contributed by atoms with E-state index in [0.29, 0.717) is 12.2 Å². The highest BCUT2D eigenvalue weighted by molar-refractivity contribution is 5.92. The SMILES string of the molecule is CCc1ccc(C(=O)N2CC[C@@H](C(C)(C)O)C2)[nH]1. The minimum absolute atomic E-state index is 0.0430. The van der Waals surface area contributed by atoms with Crippen LogP contribution in [0.4, 0.5) is 0 Å². The fraction of sp³-hybridized carbons (Fsp3) is 0.643. The van der Waals surface area contributed by atoms with Crippen LogP contribution >= 0.6 is 0 Å². The molecule has 2 heterocycles. The standard InChI is InChI=1S/C14H22N2O2/c1-4-11-5-6-12(15-11)13(17)16-8-7-10(9-16)14(2,3)18/h5-6,10,15,18H,4,7-9H2,1-3H3/t10-/m1/s1. The Morgan fingerprint density at radius 2 is 2.28 bits per heavy atom. The molecule has 4 heteroatoms. The summed E-state index contributed by atoms with van der Waals surface area (Å²) >= 11 is 0. The van der Waals surface area contributed by atoms with Crippen LogP contribution in [0.2, 0.25) is 0 Å². The van der Waals surface area contributed by atoms with Crippen molar-refractivity contribution in [3.8, 4) is 0 Å². The molecule has 0 aliphatic carbocycles. The third-order valence-electron chi connectivity index (χ3n) is 3.83. The Morgan fingerprint density at radius 3 is 2.78 bits per heavy atom. The molecule has 2 N–H and O–H groups in total. The molecule has 0 radical (unpaired) electrons. The number of carbonyl (C=O) groups excluding carboxylic acids is 1. The molecule has 1 aliphatic rings. The van der Waals surface area contributed by atoms with E-state index in [-0.39, 0.29) is 11.8 Å². The summed E-state index contributed by atoms with van der Waals surface area (Å²) in [5.74, 6) is 0.212. The summed E-state index contributed by atoms with van der Waals surface area (Å²) in [6, 6.07) is 3.80. The van der Waals surface area contributed by atoms with Gasteiger partial charge in [0.15, 0.2) is 0 Å². The highest BCUT2D eigenvalue weighted by atomic mass is 16.3. The van der Waals surface area contributed by atoms with Crippen molar-refractivity contribution >= 4 is 5.91 Å². The van der Waals surface area contributed by atoms with Crippen LogP contribution in [0, 0.1) is 5.92 Å². The van der Waals surface area contributed by atoms with E-state index in [1.807, 2.05) is 30.9 Å². The Hall–Kier alpha value is -1.29. The molecule has 0 unspecified atom stereocenters. The molecule has 100 valence electrons. The molecule has 0 saturated carbocycles. The topological polar surface area (TPSA) is 56.3 Å². The number of aliphatic hydroxyl groups is 1. The number of hydrogen-bond acceptors (Lipinski definition) is 2. The number of aromatic nitrogens is 1. The van der Waals surface area contributed by atoms with Crippen molar-refractivity contribution in [2.24, 2.45) is 5.92 Å². The molecule has 18 heavy (non-hydrogen) atoms. The fourth-order valence-electron chi connectivity index (χ4n) is 2.46. The zero-order valence-electron chi connectivity index (χ0n) is 11.4. The number of rotatable bonds is 3. The van der Waals surface area contributed by atoms with Crippen molar-refractivity contribution in [2.75, 3.05) is 13.1 Å². The molecule has 0 bridgehead atoms. The van der Waals surface area contributed by atoms with E-state index in [4.69, 9.17) is 0 Å². The average Bonchev–Trinajstić information content (AvgIpc) is 2.96. The quantitative estimate of drug-likeness (QED) is 0.859. The Morgan fingerprint density at radius 1 is 1.56 bits per heavy atom. The van der Waals surface area contributed by atoms with Gasteiger partial charge in [0.2, 0.25) is 0 Å². The second kappa shape index (κ2) is 4.76. The smallest absolute Gasteiger partial charge is 0.270 e. The average molecular weight is 250 g/mol. The van der Waals surface area contributed by atoms with E-state index >= 15 is 0 Å². The summed E-state index contributed by atoms with van der Waals surface area (Å²) in [6.07, 6.45) is 1.77. The maximum Gasteiger partial charge on any atom is 0.270 e. The second-order valence-corrected chi connectivity index (χ2v) is 5.64. The van der Waals surface area contributed by atoms with Crippen molar-refractivity contribution in [1.82, 2.24) is 9.88 Å². The van der Waals surface area contributed by atoms with Crippen LogP contribution in [-0.2, 0) is 6.42 Å². The molecule has 1 aliphatic heterocycles. The van der Waals surface area contributed by atoms with Crippen molar-refractivity contribution < 1.29 is 9.90 Å². The zero-order valence-corrected chi connectivity index (χ0v) is 11.4. The third kappa shape index (κ3) is 2.58. The van der Waals surface area contributed by atoms with Crippen LogP contribution in [0.25, 0.3) is 0 Å². The molecule has 1 saturated heterocycles. The van der Waals surface area contributed by atoms with Crippen LogP contribution in [-0.4, -0.2) is 39.6 Å². The lowest BCUT2D eigenvalue weighted by Crippen LogP contribution is -2.35. The number of aryl methyl sites for hydroxylation is 1. The van der Waals surface area contributed by atoms with Gasteiger partial charge in [-0.3, -0.25) is 4.79 Å². The van der Waals surface area contributed by atoms with Gasteiger partial charge in [-0.25, -0.2) is 0 Å². The fourth-order valence-corrected chi connectivity index (χ4v) is 2.46. The first-order valence-electron chi connectivity index (χ1n) is 6.61. The van der Waals surface area contributed by atoms with Gasteiger partial charge in [-0.1, -0.05) is 6.92 Å². The lowest BCUT2D eigenvalue weighted by atomic mass is 9.90. The first-order chi connectivity index (χ1) is 8.41. The zero-order chi connectivity index (χ0) is 13.3. The largest absolute Gasteiger partial charge is 0.390 e. The monoisotopic (exact) mass is 250 g/mol. The molecule has 4 nitrogen and oxygen atoms in total. The Bertz CT molecular complexity index is 431. The number of likely N-dealkylation sites (tertiary alicyclic amines) is 1. The van der Waals surface area contributed by atoms with Crippen molar-refractivity contribution in [2.45, 2.75) is 39.2 Å². The highest BCUT2D eigenvalue weighted by Gasteiger charge is 2.35. The Kier molecular flexibility index (Phi) is 3.48. The van der Waals surface area contributed by atoms with E-state index in [2.05, 4.69) is 11.9 Å². The van der Waals surface area contributed by atoms with Gasteiger partial charge < -0.3 is 15.0 Å². The lowest BCUT2D eigenvalue weighted by Gasteiger charge is -2.25. The molecule has 1 fully saturated rings. The summed E-state index contributed by atoms with van der Waals surface area (Å²) in [5, 5.41) is 9.98. The van der Waals surface area contributed by atoms with Gasteiger partial charge in [-0.2, -0.15) is 0 Å². The van der Waals surface area contributed by atoms with Crippen LogP contribution in [0.15, 0.2) is 12.1 Å². The number of amides is 1. The number of hydrogen-bond donors (Lipinski definition) is 2. The van der Waals surface area contributed by atoms with E-state index < -0.39 is 5.60 Å². The number of nitrogens with one attached hydrogen (secondary N) is 1. The van der Waals surface area contributed by atoms with E-state index in [1.165, 1.54) is 0 Å². The summed E-state index contributed by atoms with van der Waals surface area (Å²) in [5.41, 5.74) is 1.03. The van der Waals surface area contributed by atoms with Gasteiger partial charge in [0, 0.05) is 24.7 Å². The highest BCUT2D eigenvalue weighted by Crippen LogP contribution is 2.27. The van der Waals surface area contributed by atoms with Gasteiger partial charge in [0.05, 0.1) is 5.60 Å². The van der Waals surface area contributed by atoms with Crippen LogP contribution < -0.4 is 0 Å². The second-order valence-electron chi connectivity index (χ2n) is 5.64. The molecular formula is C14H22N2O2. The predicted molar refractivity (Wildman–Crippen MR) is 70.5 cm³/mol. The summed E-state index contributed by atoms with van der Waals surface area (Å²) in [4.78, 5) is 17.2. The molecule has 1 aromatic heterocycles. The van der Waals surface area contributed by atoms with Crippen molar-refractivity contribution in [3.05, 3.63) is 23.5 Å². The van der Waals surface area contributed by atoms with Gasteiger partial charge in [-0.15, -0.1) is 0 Å². The first-order valence-corrected chi connectivity index (χ1v) is 6.61. The van der Waals surface area contributed by atoms with Crippen molar-refractivity contribution in [3.63, 3.8) is 0 Å². The maximum absolute atomic E-state index is 12.3. The predicted octanol–water partition coefficient (Wildman–Crippen LogP) is 1.81. The molecule has 1 amide bonds. The van der Waals surface area contributed by atoms with Crippen molar-refractivity contribution in [1.29, 1.82) is 0 Å². The summed E-state index contributed by atoms with van der Waals surface area (Å²) in [6.45, 7) is 7.06. The van der Waals surface area contributed by atoms with E-state index in [9.17, 15) is 9.90 Å². The van der Waals surface area contributed by atoms with E-state index in [1.54, 1.807) is 0 Å². The van der Waals surface area contributed by atoms with E-state index in [0.717, 1.165) is 25.1 Å². The summed E-state index contributed by atoms with van der Waals surface area (Å²) in [7, 11) is 0. The summed E-state index contributed by atoms with van der Waals surface area (Å²) < 4.78 is 0. The van der Waals surface area contributed by atoms with Crippen LogP contribution in [0.5, 0.6) is 0 Å². The van der Waals surface area contributed by atoms with Crippen LogP contribution in [0.1, 0.15) is 43.4 Å². The normalized spacial score (nSPS) is 20.4. The molecule has 0 aromatic carbocycles. The number of carbonyl (C=O) groups is 1. The van der Waals surface area contributed by atoms with Gasteiger partial charge in [0.25, 0.3) is 5.91 Å². The Balaban J connectivity index is 2.03. The maximum atomic E-state index is 12.3. The lowest BCUT2D eigenvalue weighted by molar-refractivity contribution is 0.0211.